The number of nitro groups is 1. The first-order valence-electron chi connectivity index (χ1n) is 6.02. The van der Waals surface area contributed by atoms with Gasteiger partial charge in [-0.2, -0.15) is 0 Å². The lowest BCUT2D eigenvalue weighted by Gasteiger charge is -2.25. The van der Waals surface area contributed by atoms with Crippen molar-refractivity contribution in [3.8, 4) is 5.75 Å². The second kappa shape index (κ2) is 6.69. The maximum atomic E-state index is 12.3. The molecule has 110 valence electrons. The molecule has 1 N–H and O–H groups in total. The zero-order chi connectivity index (χ0) is 15.3. The fourth-order valence-electron chi connectivity index (χ4n) is 1.74. The van der Waals surface area contributed by atoms with E-state index in [9.17, 15) is 14.9 Å². The molecule has 0 aliphatic heterocycles. The molecular weight excluding hydrogens is 328 g/mol. The summed E-state index contributed by atoms with van der Waals surface area (Å²) >= 11 is 3.32. The predicted molar refractivity (Wildman–Crippen MR) is 79.6 cm³/mol. The highest BCUT2D eigenvalue weighted by Gasteiger charge is 2.26. The number of para-hydroxylation sites is 1. The Morgan fingerprint density at radius 2 is 2.15 bits per heavy atom. The maximum Gasteiger partial charge on any atom is 0.311 e. The first-order valence-corrected chi connectivity index (χ1v) is 7.14. The third kappa shape index (κ3) is 3.93. The number of alkyl halides is 1. The van der Waals surface area contributed by atoms with E-state index in [4.69, 9.17) is 4.74 Å². The lowest BCUT2D eigenvalue weighted by Crippen LogP contribution is -2.43. The number of nitrogens with zero attached hydrogens (tertiary/aromatic N) is 1. The Morgan fingerprint density at radius 1 is 1.50 bits per heavy atom. The fourth-order valence-corrected chi connectivity index (χ4v) is 2.73. The van der Waals surface area contributed by atoms with Gasteiger partial charge in [-0.15, -0.1) is 0 Å². The van der Waals surface area contributed by atoms with Crippen LogP contribution in [0.15, 0.2) is 18.2 Å². The zero-order valence-corrected chi connectivity index (χ0v) is 13.2. The van der Waals surface area contributed by atoms with Gasteiger partial charge in [0.1, 0.15) is 0 Å². The smallest absolute Gasteiger partial charge is 0.311 e. The van der Waals surface area contributed by atoms with Gasteiger partial charge < -0.3 is 10.1 Å². The van der Waals surface area contributed by atoms with Crippen LogP contribution in [0.3, 0.4) is 0 Å². The van der Waals surface area contributed by atoms with Gasteiger partial charge in [0.05, 0.1) is 17.6 Å². The summed E-state index contributed by atoms with van der Waals surface area (Å²) < 4.78 is 5.02. The summed E-state index contributed by atoms with van der Waals surface area (Å²) in [6.45, 7) is 3.77. The number of rotatable bonds is 6. The molecule has 6 nitrogen and oxygen atoms in total. The molecule has 0 bridgehead atoms. The molecule has 20 heavy (non-hydrogen) atoms. The Bertz CT molecular complexity index is 517. The largest absolute Gasteiger partial charge is 0.490 e. The van der Waals surface area contributed by atoms with Gasteiger partial charge in [-0.05, 0) is 26.3 Å². The second-order valence-electron chi connectivity index (χ2n) is 4.89. The van der Waals surface area contributed by atoms with E-state index >= 15 is 0 Å². The Labute approximate surface area is 125 Å². The average molecular weight is 345 g/mol. The number of carbonyl (C=O) groups excluding carboxylic acids is 1. The average Bonchev–Trinajstić information content (AvgIpc) is 2.36. The van der Waals surface area contributed by atoms with Crippen molar-refractivity contribution in [2.75, 3.05) is 12.4 Å². The molecule has 0 radical (unpaired) electrons. The molecule has 0 fully saturated rings. The minimum absolute atomic E-state index is 0.0235. The van der Waals surface area contributed by atoms with Crippen molar-refractivity contribution in [1.82, 2.24) is 5.32 Å². The molecule has 0 unspecified atom stereocenters. The summed E-state index contributed by atoms with van der Waals surface area (Å²) in [5.74, 6) is -0.416. The predicted octanol–water partition coefficient (Wildman–Crippen LogP) is 2.90. The van der Waals surface area contributed by atoms with Crippen molar-refractivity contribution in [1.29, 1.82) is 0 Å². The number of carbonyl (C=O) groups is 1. The van der Waals surface area contributed by atoms with E-state index < -0.39 is 16.4 Å². The summed E-state index contributed by atoms with van der Waals surface area (Å²) in [5.41, 5.74) is -0.487. The molecular formula is C13H17BrN2O4. The van der Waals surface area contributed by atoms with Crippen molar-refractivity contribution in [2.24, 2.45) is 0 Å². The van der Waals surface area contributed by atoms with Gasteiger partial charge in [-0.25, -0.2) is 0 Å². The molecule has 0 saturated heterocycles. The van der Waals surface area contributed by atoms with Gasteiger partial charge in [0.15, 0.2) is 0 Å². The van der Waals surface area contributed by atoms with Crippen molar-refractivity contribution >= 4 is 27.5 Å². The monoisotopic (exact) mass is 344 g/mol. The first-order chi connectivity index (χ1) is 9.32. The normalized spacial score (nSPS) is 11.0. The van der Waals surface area contributed by atoms with Crippen molar-refractivity contribution < 1.29 is 14.5 Å². The Balaban J connectivity index is 3.10. The van der Waals surface area contributed by atoms with E-state index in [2.05, 4.69) is 21.2 Å². The van der Waals surface area contributed by atoms with Gasteiger partial charge in [0.25, 0.3) is 5.91 Å². The molecule has 1 aromatic carbocycles. The summed E-state index contributed by atoms with van der Waals surface area (Å²) in [4.78, 5) is 22.6. The molecule has 7 heteroatoms. The van der Waals surface area contributed by atoms with E-state index in [1.807, 2.05) is 13.8 Å². The molecule has 0 atom stereocenters. The summed E-state index contributed by atoms with van der Waals surface area (Å²) in [7, 11) is 1.31. The number of hydrogen-bond donors (Lipinski definition) is 1. The fraction of sp³-hybridized carbons (Fsp3) is 0.462. The standard InChI is InChI=1S/C13H17BrN2O4/c1-13(2,7-8-14)15-12(17)9-5-4-6-10(16(18)19)11(9)20-3/h4-6H,7-8H2,1-3H3,(H,15,17). The minimum atomic E-state index is -0.570. The summed E-state index contributed by atoms with van der Waals surface area (Å²) in [5, 5.41) is 14.5. The Kier molecular flexibility index (Phi) is 5.50. The van der Waals surface area contributed by atoms with Gasteiger partial charge in [0, 0.05) is 16.9 Å². The Hall–Kier alpha value is -1.63. The van der Waals surface area contributed by atoms with Gasteiger partial charge in [-0.1, -0.05) is 22.0 Å². The number of amides is 1. The number of halogens is 1. The molecule has 1 amide bonds. The quantitative estimate of drug-likeness (QED) is 0.488. The maximum absolute atomic E-state index is 12.3. The SMILES string of the molecule is COc1c(C(=O)NC(C)(C)CCBr)cccc1[N+](=O)[O-]. The topological polar surface area (TPSA) is 81.5 Å². The summed E-state index contributed by atoms with van der Waals surface area (Å²) in [6.07, 6.45) is 0.732. The van der Waals surface area contributed by atoms with Crippen molar-refractivity contribution in [3.05, 3.63) is 33.9 Å². The number of ether oxygens (including phenoxy) is 1. The lowest BCUT2D eigenvalue weighted by molar-refractivity contribution is -0.385. The van der Waals surface area contributed by atoms with Gasteiger partial charge in [-0.3, -0.25) is 14.9 Å². The highest BCUT2D eigenvalue weighted by molar-refractivity contribution is 9.09. The van der Waals surface area contributed by atoms with Gasteiger partial charge in [0.2, 0.25) is 5.75 Å². The number of nitro benzene ring substituents is 1. The van der Waals surface area contributed by atoms with Crippen molar-refractivity contribution in [3.63, 3.8) is 0 Å². The number of hydrogen-bond acceptors (Lipinski definition) is 4. The number of benzene rings is 1. The molecule has 0 spiro atoms. The van der Waals surface area contributed by atoms with Crippen LogP contribution in [0.1, 0.15) is 30.6 Å². The summed E-state index contributed by atoms with van der Waals surface area (Å²) in [6, 6.07) is 4.28. The van der Waals surface area contributed by atoms with Crippen LogP contribution in [0.4, 0.5) is 5.69 Å². The van der Waals surface area contributed by atoms with Crippen LogP contribution in [-0.2, 0) is 0 Å². The minimum Gasteiger partial charge on any atom is -0.490 e. The van der Waals surface area contributed by atoms with E-state index in [0.717, 1.165) is 11.8 Å². The van der Waals surface area contributed by atoms with Crippen LogP contribution in [0.5, 0.6) is 5.75 Å². The zero-order valence-electron chi connectivity index (χ0n) is 11.6. The first kappa shape index (κ1) is 16.4. The van der Waals surface area contributed by atoms with Crippen LogP contribution in [0, 0.1) is 10.1 Å². The molecule has 1 aromatic rings. The second-order valence-corrected chi connectivity index (χ2v) is 5.69. The number of nitrogens with one attached hydrogen (secondary N) is 1. The van der Waals surface area contributed by atoms with Crippen LogP contribution in [0.2, 0.25) is 0 Å². The van der Waals surface area contributed by atoms with Crippen LogP contribution < -0.4 is 10.1 Å². The highest BCUT2D eigenvalue weighted by atomic mass is 79.9. The molecule has 0 saturated carbocycles. The van der Waals surface area contributed by atoms with Crippen LogP contribution in [0.25, 0.3) is 0 Å². The molecule has 0 aliphatic rings. The van der Waals surface area contributed by atoms with E-state index in [-0.39, 0.29) is 17.0 Å². The molecule has 0 aliphatic carbocycles. The number of methoxy groups -OCH3 is 1. The third-order valence-corrected chi connectivity index (χ3v) is 3.21. The van der Waals surface area contributed by atoms with E-state index in [0.29, 0.717) is 0 Å². The van der Waals surface area contributed by atoms with E-state index in [1.165, 1.54) is 25.3 Å². The lowest BCUT2D eigenvalue weighted by atomic mass is 10.0. The van der Waals surface area contributed by atoms with Crippen LogP contribution in [-0.4, -0.2) is 28.8 Å². The third-order valence-electron chi connectivity index (χ3n) is 2.81. The van der Waals surface area contributed by atoms with Crippen molar-refractivity contribution in [2.45, 2.75) is 25.8 Å². The molecule has 0 heterocycles. The molecule has 1 rings (SSSR count). The Morgan fingerprint density at radius 3 is 2.65 bits per heavy atom. The molecule has 0 aromatic heterocycles. The highest BCUT2D eigenvalue weighted by Crippen LogP contribution is 2.30. The van der Waals surface area contributed by atoms with Crippen LogP contribution >= 0.6 is 15.9 Å². The van der Waals surface area contributed by atoms with Gasteiger partial charge >= 0.3 is 5.69 Å². The van der Waals surface area contributed by atoms with E-state index in [1.54, 1.807) is 0 Å².